The van der Waals surface area contributed by atoms with Crippen molar-refractivity contribution in [2.45, 2.75) is 6.42 Å². The minimum absolute atomic E-state index is 0.857. The number of rotatable bonds is 4. The van der Waals surface area contributed by atoms with Crippen molar-refractivity contribution in [2.75, 3.05) is 32.8 Å². The Hall–Kier alpha value is -2.75. The monoisotopic (exact) mass is 368 g/mol. The van der Waals surface area contributed by atoms with E-state index in [2.05, 4.69) is 70.6 Å². The zero-order valence-electron chi connectivity index (χ0n) is 16.0. The molecular weight excluding hydrogens is 344 g/mol. The van der Waals surface area contributed by atoms with Gasteiger partial charge >= 0.3 is 0 Å². The van der Waals surface area contributed by atoms with Crippen LogP contribution in [-0.2, 0) is 4.74 Å². The molecule has 3 heteroatoms. The second-order valence-electron chi connectivity index (χ2n) is 7.44. The van der Waals surface area contributed by atoms with E-state index in [1.165, 1.54) is 33.2 Å². The number of fused-ring (bicyclic) bond motifs is 2. The van der Waals surface area contributed by atoms with Crippen LogP contribution >= 0.6 is 0 Å². The molecular formula is C25H24N2O. The predicted molar refractivity (Wildman–Crippen MR) is 116 cm³/mol. The Kier molecular flexibility index (Phi) is 4.78. The van der Waals surface area contributed by atoms with Crippen LogP contribution in [0.5, 0.6) is 0 Å². The van der Waals surface area contributed by atoms with E-state index < -0.39 is 0 Å². The molecule has 28 heavy (non-hydrogen) atoms. The van der Waals surface area contributed by atoms with E-state index in [0.717, 1.165) is 44.8 Å². The molecule has 1 fully saturated rings. The highest BCUT2D eigenvalue weighted by molar-refractivity contribution is 6.04. The number of allylic oxidation sites excluding steroid dienone is 2. The molecule has 5 rings (SSSR count). The van der Waals surface area contributed by atoms with Gasteiger partial charge < -0.3 is 4.74 Å². The summed E-state index contributed by atoms with van der Waals surface area (Å²) in [6.45, 7) is 4.89. The summed E-state index contributed by atoms with van der Waals surface area (Å²) >= 11 is 0. The normalized spacial score (nSPS) is 18.4. The molecule has 2 heterocycles. The van der Waals surface area contributed by atoms with E-state index in [0.29, 0.717) is 0 Å². The second kappa shape index (κ2) is 7.70. The van der Waals surface area contributed by atoms with Gasteiger partial charge in [-0.1, -0.05) is 48.5 Å². The van der Waals surface area contributed by atoms with E-state index in [1.807, 2.05) is 12.3 Å². The molecule has 0 unspecified atom stereocenters. The largest absolute Gasteiger partial charge is 0.379 e. The summed E-state index contributed by atoms with van der Waals surface area (Å²) < 4.78 is 5.48. The Morgan fingerprint density at radius 2 is 1.71 bits per heavy atom. The average Bonchev–Trinajstić information content (AvgIpc) is 3.11. The van der Waals surface area contributed by atoms with E-state index >= 15 is 0 Å². The first-order valence-corrected chi connectivity index (χ1v) is 10.0. The second-order valence-corrected chi connectivity index (χ2v) is 7.44. The van der Waals surface area contributed by atoms with Gasteiger partial charge in [-0.3, -0.25) is 9.88 Å². The van der Waals surface area contributed by atoms with Crippen LogP contribution in [0.3, 0.4) is 0 Å². The van der Waals surface area contributed by atoms with Crippen molar-refractivity contribution < 1.29 is 4.74 Å². The summed E-state index contributed by atoms with van der Waals surface area (Å²) in [5, 5.41) is 1.20. The molecule has 1 aromatic heterocycles. The van der Waals surface area contributed by atoms with Gasteiger partial charge in [0.05, 0.1) is 18.7 Å². The van der Waals surface area contributed by atoms with Gasteiger partial charge in [-0.25, -0.2) is 0 Å². The zero-order valence-corrected chi connectivity index (χ0v) is 16.0. The van der Waals surface area contributed by atoms with Crippen molar-refractivity contribution in [3.63, 3.8) is 0 Å². The van der Waals surface area contributed by atoms with Crippen LogP contribution in [-0.4, -0.2) is 42.7 Å². The Morgan fingerprint density at radius 3 is 2.61 bits per heavy atom. The van der Waals surface area contributed by atoms with Crippen LogP contribution in [0.2, 0.25) is 0 Å². The Balaban J connectivity index is 1.48. The Labute approximate surface area is 166 Å². The van der Waals surface area contributed by atoms with Crippen molar-refractivity contribution in [2.24, 2.45) is 0 Å². The molecule has 0 amide bonds. The first-order valence-electron chi connectivity index (χ1n) is 10.0. The highest BCUT2D eigenvalue weighted by atomic mass is 16.5. The summed E-state index contributed by atoms with van der Waals surface area (Å²) in [4.78, 5) is 7.00. The van der Waals surface area contributed by atoms with Gasteiger partial charge in [-0.2, -0.15) is 0 Å². The van der Waals surface area contributed by atoms with E-state index in [4.69, 9.17) is 4.74 Å². The van der Waals surface area contributed by atoms with Crippen LogP contribution < -0.4 is 0 Å². The number of morpholine rings is 1. The van der Waals surface area contributed by atoms with E-state index in [1.54, 1.807) is 0 Å². The van der Waals surface area contributed by atoms with Gasteiger partial charge in [-0.05, 0) is 52.5 Å². The predicted octanol–water partition coefficient (Wildman–Crippen LogP) is 4.89. The maximum absolute atomic E-state index is 5.48. The zero-order chi connectivity index (χ0) is 18.8. The Bertz CT molecular complexity index is 1060. The van der Waals surface area contributed by atoms with Crippen molar-refractivity contribution in [3.05, 3.63) is 83.6 Å². The molecule has 140 valence electrons. The lowest BCUT2D eigenvalue weighted by atomic mass is 10.0. The molecule has 3 nitrogen and oxygen atoms in total. The average molecular weight is 368 g/mol. The highest BCUT2D eigenvalue weighted by Crippen LogP contribution is 2.38. The fourth-order valence-corrected chi connectivity index (χ4v) is 4.20. The molecule has 0 radical (unpaired) electrons. The lowest BCUT2D eigenvalue weighted by Crippen LogP contribution is -2.36. The van der Waals surface area contributed by atoms with Crippen LogP contribution in [0.4, 0.5) is 0 Å². The highest BCUT2D eigenvalue weighted by Gasteiger charge is 2.19. The van der Waals surface area contributed by atoms with Gasteiger partial charge in [0.15, 0.2) is 0 Å². The van der Waals surface area contributed by atoms with Crippen LogP contribution in [0.25, 0.3) is 28.1 Å². The number of hydrogen-bond donors (Lipinski definition) is 0. The number of para-hydroxylation sites is 1. The fourth-order valence-electron chi connectivity index (χ4n) is 4.20. The van der Waals surface area contributed by atoms with Crippen LogP contribution in [0, 0.1) is 0 Å². The van der Waals surface area contributed by atoms with Gasteiger partial charge in [0.2, 0.25) is 0 Å². The molecule has 0 spiro atoms. The number of nitrogens with zero attached hydrogens (tertiary/aromatic N) is 2. The van der Waals surface area contributed by atoms with Gasteiger partial charge in [0.1, 0.15) is 0 Å². The molecule has 0 atom stereocenters. The quantitative estimate of drug-likeness (QED) is 0.655. The molecule has 2 aliphatic rings. The Morgan fingerprint density at radius 1 is 0.929 bits per heavy atom. The van der Waals surface area contributed by atoms with Gasteiger partial charge in [-0.15, -0.1) is 0 Å². The summed E-state index contributed by atoms with van der Waals surface area (Å²) in [6, 6.07) is 19.2. The smallest absolute Gasteiger partial charge is 0.0707 e. The molecule has 3 aromatic rings. The number of aromatic nitrogens is 1. The van der Waals surface area contributed by atoms with E-state index in [-0.39, 0.29) is 0 Å². The molecule has 2 aromatic carbocycles. The van der Waals surface area contributed by atoms with Crippen molar-refractivity contribution >= 4 is 28.1 Å². The third-order valence-corrected chi connectivity index (χ3v) is 5.71. The molecule has 0 saturated carbocycles. The van der Waals surface area contributed by atoms with Crippen molar-refractivity contribution in [1.29, 1.82) is 0 Å². The molecule has 1 saturated heterocycles. The fraction of sp³-hybridized carbons (Fsp3) is 0.240. The SMILES string of the molecule is C1=C(CCN2CCOCC2)c2ccccc2/C1=C/c1ccnc2ccccc12. The first kappa shape index (κ1) is 17.4. The first-order chi connectivity index (χ1) is 13.9. The van der Waals surface area contributed by atoms with Gasteiger partial charge in [0.25, 0.3) is 0 Å². The molecule has 1 aliphatic carbocycles. The number of hydrogen-bond acceptors (Lipinski definition) is 3. The van der Waals surface area contributed by atoms with Crippen LogP contribution in [0.1, 0.15) is 23.1 Å². The van der Waals surface area contributed by atoms with Crippen molar-refractivity contribution in [3.8, 4) is 0 Å². The summed E-state index contributed by atoms with van der Waals surface area (Å²) in [5.74, 6) is 0. The lowest BCUT2D eigenvalue weighted by molar-refractivity contribution is 0.0390. The minimum atomic E-state index is 0.857. The number of pyridine rings is 1. The third kappa shape index (κ3) is 3.39. The minimum Gasteiger partial charge on any atom is -0.379 e. The molecule has 0 N–H and O–H groups in total. The summed E-state index contributed by atoms with van der Waals surface area (Å²) in [7, 11) is 0. The van der Waals surface area contributed by atoms with Crippen LogP contribution in [0.15, 0.2) is 66.9 Å². The maximum atomic E-state index is 5.48. The van der Waals surface area contributed by atoms with Crippen molar-refractivity contribution in [1.82, 2.24) is 9.88 Å². The van der Waals surface area contributed by atoms with E-state index in [9.17, 15) is 0 Å². The molecule has 1 aliphatic heterocycles. The topological polar surface area (TPSA) is 25.4 Å². The van der Waals surface area contributed by atoms with Gasteiger partial charge in [0, 0.05) is 31.2 Å². The summed E-state index contributed by atoms with van der Waals surface area (Å²) in [5.41, 5.74) is 7.71. The third-order valence-electron chi connectivity index (χ3n) is 5.71. The number of benzene rings is 2. The lowest BCUT2D eigenvalue weighted by Gasteiger charge is -2.26. The number of ether oxygens (including phenoxy) is 1. The maximum Gasteiger partial charge on any atom is 0.0707 e. The molecule has 0 bridgehead atoms. The summed E-state index contributed by atoms with van der Waals surface area (Å²) in [6.07, 6.45) is 7.66. The standard InChI is InChI=1S/C25H24N2O/c1-2-6-23-21(17-19-9-11-26-25-8-4-3-7-24(19)25)18-20(22(23)5-1)10-12-27-13-15-28-16-14-27/h1-9,11,17-18H,10,12-16H2/b21-17+.